The van der Waals surface area contributed by atoms with E-state index >= 15 is 0 Å². The third-order valence-corrected chi connectivity index (χ3v) is 4.80. The SMILES string of the molecule is CN1CCc2cc(C(CNC(=O)Nc3ccc(F)cc3)N(C)C)ccc21. The number of likely N-dealkylation sites (N-methyl/N-ethyl adjacent to an activating group) is 2. The van der Waals surface area contributed by atoms with Gasteiger partial charge in [0.05, 0.1) is 6.04 Å². The van der Waals surface area contributed by atoms with Gasteiger partial charge in [-0.15, -0.1) is 0 Å². The minimum Gasteiger partial charge on any atom is -0.374 e. The molecule has 5 nitrogen and oxygen atoms in total. The number of anilines is 2. The highest BCUT2D eigenvalue weighted by atomic mass is 19.1. The second kappa shape index (κ2) is 7.74. The van der Waals surface area contributed by atoms with E-state index in [1.807, 2.05) is 14.1 Å². The van der Waals surface area contributed by atoms with Gasteiger partial charge in [-0.05, 0) is 62.0 Å². The van der Waals surface area contributed by atoms with Gasteiger partial charge in [0.1, 0.15) is 5.82 Å². The number of rotatable bonds is 5. The highest BCUT2D eigenvalue weighted by Crippen LogP contribution is 2.30. The second-order valence-corrected chi connectivity index (χ2v) is 6.88. The van der Waals surface area contributed by atoms with E-state index in [1.54, 1.807) is 0 Å². The molecule has 1 atom stereocenters. The topological polar surface area (TPSA) is 47.6 Å². The molecular weight excluding hydrogens is 331 g/mol. The number of halogens is 1. The lowest BCUT2D eigenvalue weighted by Crippen LogP contribution is -2.36. The lowest BCUT2D eigenvalue weighted by atomic mass is 10.0. The number of urea groups is 1. The molecule has 1 aliphatic rings. The Bertz CT molecular complexity index is 776. The first-order chi connectivity index (χ1) is 12.4. The summed E-state index contributed by atoms with van der Waals surface area (Å²) in [7, 11) is 6.11. The summed E-state index contributed by atoms with van der Waals surface area (Å²) in [6.45, 7) is 1.53. The van der Waals surface area contributed by atoms with E-state index < -0.39 is 0 Å². The first kappa shape index (κ1) is 18.2. The fraction of sp³-hybridized carbons (Fsp3) is 0.350. The highest BCUT2D eigenvalue weighted by molar-refractivity contribution is 5.89. The number of carbonyl (C=O) groups excluding carboxylic acids is 1. The van der Waals surface area contributed by atoms with Crippen LogP contribution in [0.3, 0.4) is 0 Å². The Morgan fingerprint density at radius 2 is 1.96 bits per heavy atom. The molecule has 138 valence electrons. The molecule has 2 aromatic rings. The van der Waals surface area contributed by atoms with Gasteiger partial charge in [0, 0.05) is 31.5 Å². The van der Waals surface area contributed by atoms with Crippen molar-refractivity contribution >= 4 is 17.4 Å². The zero-order valence-electron chi connectivity index (χ0n) is 15.4. The maximum atomic E-state index is 12.9. The van der Waals surface area contributed by atoms with Crippen molar-refractivity contribution < 1.29 is 9.18 Å². The van der Waals surface area contributed by atoms with Crippen LogP contribution in [-0.2, 0) is 6.42 Å². The number of carbonyl (C=O) groups is 1. The van der Waals surface area contributed by atoms with Crippen molar-refractivity contribution in [2.45, 2.75) is 12.5 Å². The summed E-state index contributed by atoms with van der Waals surface area (Å²) in [6, 6.07) is 12.0. The summed E-state index contributed by atoms with van der Waals surface area (Å²) < 4.78 is 12.9. The summed E-state index contributed by atoms with van der Waals surface area (Å²) in [5.74, 6) is -0.328. The lowest BCUT2D eigenvalue weighted by molar-refractivity contribution is 0.243. The first-order valence-corrected chi connectivity index (χ1v) is 8.75. The average Bonchev–Trinajstić information content (AvgIpc) is 2.97. The van der Waals surface area contributed by atoms with E-state index in [0.29, 0.717) is 12.2 Å². The summed E-state index contributed by atoms with van der Waals surface area (Å²) >= 11 is 0. The molecule has 0 aliphatic carbocycles. The predicted molar refractivity (Wildman–Crippen MR) is 103 cm³/mol. The van der Waals surface area contributed by atoms with Crippen molar-refractivity contribution in [1.29, 1.82) is 0 Å². The summed E-state index contributed by atoms with van der Waals surface area (Å²) in [4.78, 5) is 16.5. The van der Waals surface area contributed by atoms with Crippen LogP contribution in [0.4, 0.5) is 20.6 Å². The zero-order chi connectivity index (χ0) is 18.7. The Balaban J connectivity index is 1.64. The molecule has 1 aliphatic heterocycles. The second-order valence-electron chi connectivity index (χ2n) is 6.88. The molecule has 0 bridgehead atoms. The van der Waals surface area contributed by atoms with Crippen LogP contribution < -0.4 is 15.5 Å². The molecule has 0 fully saturated rings. The van der Waals surface area contributed by atoms with E-state index in [0.717, 1.165) is 13.0 Å². The number of nitrogens with zero attached hydrogens (tertiary/aromatic N) is 2. The van der Waals surface area contributed by atoms with E-state index in [4.69, 9.17) is 0 Å². The molecule has 26 heavy (non-hydrogen) atoms. The van der Waals surface area contributed by atoms with Gasteiger partial charge in [0.25, 0.3) is 0 Å². The third-order valence-electron chi connectivity index (χ3n) is 4.80. The molecule has 1 heterocycles. The predicted octanol–water partition coefficient (Wildman–Crippen LogP) is 3.24. The van der Waals surface area contributed by atoms with E-state index in [-0.39, 0.29) is 17.9 Å². The first-order valence-electron chi connectivity index (χ1n) is 8.75. The van der Waals surface area contributed by atoms with Gasteiger partial charge >= 0.3 is 6.03 Å². The van der Waals surface area contributed by atoms with Gasteiger partial charge in [-0.1, -0.05) is 12.1 Å². The molecule has 0 aromatic heterocycles. The van der Waals surface area contributed by atoms with Crippen LogP contribution in [-0.4, -0.2) is 45.2 Å². The Morgan fingerprint density at radius 3 is 2.65 bits per heavy atom. The van der Waals surface area contributed by atoms with Crippen LogP contribution in [0.1, 0.15) is 17.2 Å². The monoisotopic (exact) mass is 356 g/mol. The van der Waals surface area contributed by atoms with E-state index in [1.165, 1.54) is 41.1 Å². The van der Waals surface area contributed by atoms with Crippen LogP contribution in [0.15, 0.2) is 42.5 Å². The van der Waals surface area contributed by atoms with Crippen molar-refractivity contribution in [3.63, 3.8) is 0 Å². The molecule has 0 radical (unpaired) electrons. The fourth-order valence-corrected chi connectivity index (χ4v) is 3.29. The molecule has 3 rings (SSSR count). The van der Waals surface area contributed by atoms with Crippen molar-refractivity contribution in [3.8, 4) is 0 Å². The van der Waals surface area contributed by atoms with Crippen molar-refractivity contribution in [3.05, 3.63) is 59.4 Å². The third kappa shape index (κ3) is 4.14. The summed E-state index contributed by atoms with van der Waals surface area (Å²) in [5, 5.41) is 5.63. The van der Waals surface area contributed by atoms with Gasteiger partial charge < -0.3 is 20.4 Å². The number of nitrogens with one attached hydrogen (secondary N) is 2. The Kier molecular flexibility index (Phi) is 5.42. The highest BCUT2D eigenvalue weighted by Gasteiger charge is 2.20. The zero-order valence-corrected chi connectivity index (χ0v) is 15.4. The molecule has 0 saturated carbocycles. The van der Waals surface area contributed by atoms with Crippen LogP contribution in [0.2, 0.25) is 0 Å². The Hall–Kier alpha value is -2.60. The molecular formula is C20H25FN4O. The number of fused-ring (bicyclic) bond motifs is 1. The normalized spacial score (nSPS) is 14.3. The van der Waals surface area contributed by atoms with E-state index in [2.05, 4.69) is 45.7 Å². The Morgan fingerprint density at radius 1 is 1.23 bits per heavy atom. The summed E-state index contributed by atoms with van der Waals surface area (Å²) in [5.41, 5.74) is 4.39. The average molecular weight is 356 g/mol. The van der Waals surface area contributed by atoms with Crippen molar-refractivity contribution in [2.75, 3.05) is 44.4 Å². The number of amides is 2. The molecule has 0 saturated heterocycles. The van der Waals surface area contributed by atoms with Crippen LogP contribution >= 0.6 is 0 Å². The van der Waals surface area contributed by atoms with Crippen molar-refractivity contribution in [1.82, 2.24) is 10.2 Å². The molecule has 2 amide bonds. The molecule has 6 heteroatoms. The fourth-order valence-electron chi connectivity index (χ4n) is 3.29. The summed E-state index contributed by atoms with van der Waals surface area (Å²) in [6.07, 6.45) is 1.05. The molecule has 2 aromatic carbocycles. The minimum absolute atomic E-state index is 0.0742. The van der Waals surface area contributed by atoms with Crippen LogP contribution in [0.25, 0.3) is 0 Å². The van der Waals surface area contributed by atoms with Crippen molar-refractivity contribution in [2.24, 2.45) is 0 Å². The van der Waals surface area contributed by atoms with Gasteiger partial charge in [-0.25, -0.2) is 9.18 Å². The maximum absolute atomic E-state index is 12.9. The maximum Gasteiger partial charge on any atom is 0.319 e. The van der Waals surface area contributed by atoms with Crippen LogP contribution in [0, 0.1) is 5.82 Å². The minimum atomic E-state index is -0.328. The van der Waals surface area contributed by atoms with Gasteiger partial charge in [-0.3, -0.25) is 0 Å². The standard InChI is InChI=1S/C20H25FN4O/c1-24(2)19(14-4-9-18-15(12-14)10-11-25(18)3)13-22-20(26)23-17-7-5-16(21)6-8-17/h4-9,12,19H,10-11,13H2,1-3H3,(H2,22,23,26). The lowest BCUT2D eigenvalue weighted by Gasteiger charge is -2.26. The van der Waals surface area contributed by atoms with E-state index in [9.17, 15) is 9.18 Å². The molecule has 1 unspecified atom stereocenters. The van der Waals surface area contributed by atoms with Crippen LogP contribution in [0.5, 0.6) is 0 Å². The Labute approximate surface area is 153 Å². The quantitative estimate of drug-likeness (QED) is 0.865. The number of benzene rings is 2. The largest absolute Gasteiger partial charge is 0.374 e. The molecule has 0 spiro atoms. The van der Waals surface area contributed by atoms with Gasteiger partial charge in [0.2, 0.25) is 0 Å². The van der Waals surface area contributed by atoms with Gasteiger partial charge in [-0.2, -0.15) is 0 Å². The molecule has 2 N–H and O–H groups in total. The smallest absolute Gasteiger partial charge is 0.319 e. The number of hydrogen-bond donors (Lipinski definition) is 2. The van der Waals surface area contributed by atoms with Gasteiger partial charge in [0.15, 0.2) is 0 Å². The number of hydrogen-bond acceptors (Lipinski definition) is 3.